The van der Waals surface area contributed by atoms with Crippen molar-refractivity contribution in [2.45, 2.75) is 50.1 Å². The predicted octanol–water partition coefficient (Wildman–Crippen LogP) is 2.13. The second-order valence-electron chi connectivity index (χ2n) is 4.26. The fraction of sp³-hybridized carbons (Fsp3) is 0.900. The van der Waals surface area contributed by atoms with Gasteiger partial charge in [0.25, 0.3) is 5.91 Å². The van der Waals surface area contributed by atoms with Crippen LogP contribution in [0.5, 0.6) is 0 Å². The van der Waals surface area contributed by atoms with E-state index >= 15 is 0 Å². The van der Waals surface area contributed by atoms with Gasteiger partial charge in [0.1, 0.15) is 0 Å². The highest BCUT2D eigenvalue weighted by Crippen LogP contribution is 2.28. The van der Waals surface area contributed by atoms with Gasteiger partial charge in [-0.15, -0.1) is 0 Å². The van der Waals surface area contributed by atoms with Gasteiger partial charge in [0, 0.05) is 11.3 Å². The molecule has 1 saturated carbocycles. The maximum atomic E-state index is 13.2. The second kappa shape index (κ2) is 4.51. The lowest BCUT2D eigenvalue weighted by Gasteiger charge is -2.22. The molecular formula is C10H18FNOS. The second-order valence-corrected chi connectivity index (χ2v) is 5.33. The van der Waals surface area contributed by atoms with Gasteiger partial charge in [-0.3, -0.25) is 4.79 Å². The molecule has 1 N–H and O–H groups in total. The van der Waals surface area contributed by atoms with Gasteiger partial charge in [-0.05, 0) is 32.9 Å². The van der Waals surface area contributed by atoms with E-state index in [-0.39, 0.29) is 6.04 Å². The van der Waals surface area contributed by atoms with Crippen LogP contribution < -0.4 is 5.32 Å². The Morgan fingerprint density at radius 1 is 1.50 bits per heavy atom. The van der Waals surface area contributed by atoms with Crippen LogP contribution in [0.1, 0.15) is 33.1 Å². The Hall–Kier alpha value is -0.250. The third-order valence-corrected chi connectivity index (χ3v) is 3.78. The minimum atomic E-state index is -1.76. The van der Waals surface area contributed by atoms with Crippen molar-refractivity contribution in [3.8, 4) is 0 Å². The Kier molecular flexibility index (Phi) is 3.81. The average molecular weight is 219 g/mol. The number of hydrogen-bond donors (Lipinski definition) is 1. The van der Waals surface area contributed by atoms with E-state index in [4.69, 9.17) is 0 Å². The number of hydrogen-bond acceptors (Lipinski definition) is 2. The van der Waals surface area contributed by atoms with Crippen LogP contribution >= 0.6 is 11.8 Å². The summed E-state index contributed by atoms with van der Waals surface area (Å²) >= 11 is 1.76. The Morgan fingerprint density at radius 3 is 2.64 bits per heavy atom. The molecule has 82 valence electrons. The van der Waals surface area contributed by atoms with Gasteiger partial charge < -0.3 is 5.32 Å². The summed E-state index contributed by atoms with van der Waals surface area (Å²) < 4.78 is 13.2. The average Bonchev–Trinajstić information content (AvgIpc) is 2.50. The van der Waals surface area contributed by atoms with E-state index in [1.54, 1.807) is 11.8 Å². The van der Waals surface area contributed by atoms with Crippen molar-refractivity contribution in [2.75, 3.05) is 6.26 Å². The molecule has 0 spiro atoms. The van der Waals surface area contributed by atoms with Gasteiger partial charge in [-0.2, -0.15) is 11.8 Å². The zero-order valence-electron chi connectivity index (χ0n) is 8.97. The molecule has 4 heteroatoms. The van der Waals surface area contributed by atoms with Crippen LogP contribution in [-0.2, 0) is 4.79 Å². The molecule has 0 aromatic heterocycles. The number of halogens is 1. The van der Waals surface area contributed by atoms with Gasteiger partial charge in [0.05, 0.1) is 0 Å². The molecule has 0 bridgehead atoms. The molecule has 2 atom stereocenters. The molecule has 0 aromatic carbocycles. The highest BCUT2D eigenvalue weighted by atomic mass is 32.2. The first-order valence-electron chi connectivity index (χ1n) is 4.98. The van der Waals surface area contributed by atoms with E-state index in [0.29, 0.717) is 5.25 Å². The molecule has 2 unspecified atom stereocenters. The monoisotopic (exact) mass is 219 g/mol. The van der Waals surface area contributed by atoms with Crippen LogP contribution in [0.3, 0.4) is 0 Å². The first kappa shape index (κ1) is 11.8. The summed E-state index contributed by atoms with van der Waals surface area (Å²) in [4.78, 5) is 11.4. The first-order chi connectivity index (χ1) is 6.45. The van der Waals surface area contributed by atoms with Gasteiger partial charge in [-0.1, -0.05) is 6.42 Å². The molecule has 2 nitrogen and oxygen atoms in total. The van der Waals surface area contributed by atoms with Gasteiger partial charge >= 0.3 is 0 Å². The lowest BCUT2D eigenvalue weighted by molar-refractivity contribution is -0.131. The van der Waals surface area contributed by atoms with Crippen LogP contribution in [0, 0.1) is 0 Å². The van der Waals surface area contributed by atoms with Gasteiger partial charge in [-0.25, -0.2) is 4.39 Å². The lowest BCUT2D eigenvalue weighted by Crippen LogP contribution is -2.46. The summed E-state index contributed by atoms with van der Waals surface area (Å²) in [5.41, 5.74) is -1.76. The van der Waals surface area contributed by atoms with Crippen molar-refractivity contribution in [3.05, 3.63) is 0 Å². The molecule has 1 rings (SSSR count). The topological polar surface area (TPSA) is 29.1 Å². The van der Waals surface area contributed by atoms with E-state index in [9.17, 15) is 9.18 Å². The number of amides is 1. The van der Waals surface area contributed by atoms with Crippen molar-refractivity contribution < 1.29 is 9.18 Å². The van der Waals surface area contributed by atoms with E-state index in [0.717, 1.165) is 19.3 Å². The van der Waals surface area contributed by atoms with Gasteiger partial charge in [0.2, 0.25) is 0 Å². The van der Waals surface area contributed by atoms with E-state index in [1.165, 1.54) is 13.8 Å². The van der Waals surface area contributed by atoms with Crippen LogP contribution in [0.15, 0.2) is 0 Å². The summed E-state index contributed by atoms with van der Waals surface area (Å²) in [7, 11) is 0. The summed E-state index contributed by atoms with van der Waals surface area (Å²) in [6, 6.07) is 0.160. The zero-order chi connectivity index (χ0) is 10.8. The normalized spacial score (nSPS) is 27.7. The molecule has 0 heterocycles. The maximum Gasteiger partial charge on any atom is 0.257 e. The minimum Gasteiger partial charge on any atom is -0.349 e. The third-order valence-electron chi connectivity index (χ3n) is 2.61. The molecule has 0 aliphatic heterocycles. The fourth-order valence-electron chi connectivity index (χ4n) is 1.71. The number of nitrogens with one attached hydrogen (secondary N) is 1. The largest absolute Gasteiger partial charge is 0.349 e. The summed E-state index contributed by atoms with van der Waals surface area (Å²) in [6.45, 7) is 2.59. The smallest absolute Gasteiger partial charge is 0.257 e. The quantitative estimate of drug-likeness (QED) is 0.788. The number of carbonyl (C=O) groups is 1. The third kappa shape index (κ3) is 2.87. The van der Waals surface area contributed by atoms with Crippen molar-refractivity contribution >= 4 is 17.7 Å². The van der Waals surface area contributed by atoms with Crippen LogP contribution in [-0.4, -0.2) is 29.1 Å². The molecule has 0 saturated heterocycles. The SMILES string of the molecule is CSC1CCCC1NC(=O)C(C)(C)F. The number of rotatable bonds is 3. The van der Waals surface area contributed by atoms with Crippen molar-refractivity contribution in [2.24, 2.45) is 0 Å². The number of alkyl halides is 1. The minimum absolute atomic E-state index is 0.160. The Bertz CT molecular complexity index is 215. The summed E-state index contributed by atoms with van der Waals surface area (Å²) in [6.07, 6.45) is 5.27. The predicted molar refractivity (Wildman–Crippen MR) is 58.3 cm³/mol. The molecular weight excluding hydrogens is 201 g/mol. The van der Waals surface area contributed by atoms with Crippen molar-refractivity contribution in [3.63, 3.8) is 0 Å². The van der Waals surface area contributed by atoms with Crippen LogP contribution in [0.25, 0.3) is 0 Å². The zero-order valence-corrected chi connectivity index (χ0v) is 9.79. The molecule has 1 aliphatic carbocycles. The van der Waals surface area contributed by atoms with Crippen molar-refractivity contribution in [1.29, 1.82) is 0 Å². The molecule has 1 fully saturated rings. The standard InChI is InChI=1S/C10H18FNOS/c1-10(2,11)9(13)12-7-5-4-6-8(7)14-3/h7-8H,4-6H2,1-3H3,(H,12,13). The molecule has 1 aliphatic rings. The molecule has 0 radical (unpaired) electrons. The molecule has 1 amide bonds. The van der Waals surface area contributed by atoms with E-state index in [2.05, 4.69) is 5.32 Å². The molecule has 0 aromatic rings. The first-order valence-corrected chi connectivity index (χ1v) is 6.26. The summed E-state index contributed by atoms with van der Waals surface area (Å²) in [5.74, 6) is -0.483. The Balaban J connectivity index is 2.48. The fourth-order valence-corrected chi connectivity index (χ4v) is 2.65. The maximum absolute atomic E-state index is 13.2. The van der Waals surface area contributed by atoms with Crippen LogP contribution in [0.2, 0.25) is 0 Å². The van der Waals surface area contributed by atoms with E-state index < -0.39 is 11.6 Å². The number of thioether (sulfide) groups is 1. The highest BCUT2D eigenvalue weighted by Gasteiger charge is 2.33. The van der Waals surface area contributed by atoms with Crippen molar-refractivity contribution in [1.82, 2.24) is 5.32 Å². The Morgan fingerprint density at radius 2 is 2.14 bits per heavy atom. The molecule has 14 heavy (non-hydrogen) atoms. The number of carbonyl (C=O) groups excluding carboxylic acids is 1. The highest BCUT2D eigenvalue weighted by molar-refractivity contribution is 7.99. The summed E-state index contributed by atoms with van der Waals surface area (Å²) in [5, 5.41) is 3.24. The Labute approximate surface area is 89.0 Å². The van der Waals surface area contributed by atoms with Gasteiger partial charge in [0.15, 0.2) is 5.67 Å². The lowest BCUT2D eigenvalue weighted by atomic mass is 10.1. The van der Waals surface area contributed by atoms with E-state index in [1.807, 2.05) is 6.26 Å². The van der Waals surface area contributed by atoms with Crippen LogP contribution in [0.4, 0.5) is 4.39 Å².